The zero-order valence-corrected chi connectivity index (χ0v) is 8.35. The van der Waals surface area contributed by atoms with Gasteiger partial charge in [-0.25, -0.2) is 4.79 Å². The van der Waals surface area contributed by atoms with E-state index in [1.807, 2.05) is 13.8 Å². The number of carboxylic acids is 1. The number of carbonyl (C=O) groups is 2. The van der Waals surface area contributed by atoms with E-state index in [4.69, 9.17) is 5.11 Å². The number of amides is 1. The van der Waals surface area contributed by atoms with Gasteiger partial charge in [-0.15, -0.1) is 11.8 Å². The molecule has 1 N–H and O–H groups in total. The van der Waals surface area contributed by atoms with Gasteiger partial charge in [0.15, 0.2) is 4.87 Å². The second-order valence-corrected chi connectivity index (χ2v) is 6.09. The van der Waals surface area contributed by atoms with Gasteiger partial charge in [0.25, 0.3) is 0 Å². The monoisotopic (exact) mass is 201 g/mol. The van der Waals surface area contributed by atoms with Crippen molar-refractivity contribution in [3.8, 4) is 0 Å². The van der Waals surface area contributed by atoms with E-state index in [1.165, 1.54) is 16.7 Å². The number of hydrogen-bond donors (Lipinski definition) is 1. The van der Waals surface area contributed by atoms with Crippen LogP contribution in [0.25, 0.3) is 0 Å². The van der Waals surface area contributed by atoms with E-state index in [9.17, 15) is 9.59 Å². The van der Waals surface area contributed by atoms with Crippen molar-refractivity contribution in [2.45, 2.75) is 29.9 Å². The van der Waals surface area contributed by atoms with Crippen LogP contribution in [0.3, 0.4) is 0 Å². The number of hydrogen-bond acceptors (Lipinski definition) is 3. The molecule has 2 aliphatic rings. The summed E-state index contributed by atoms with van der Waals surface area (Å²) in [5.74, 6) is -0.928. The Balaban J connectivity index is 2.32. The van der Waals surface area contributed by atoms with Crippen LogP contribution in [0, 0.1) is 0 Å². The lowest BCUT2D eigenvalue weighted by molar-refractivity contribution is -0.164. The minimum absolute atomic E-state index is 0.0412. The molecule has 1 amide bonds. The van der Waals surface area contributed by atoms with E-state index >= 15 is 0 Å². The van der Waals surface area contributed by atoms with Gasteiger partial charge >= 0.3 is 5.97 Å². The summed E-state index contributed by atoms with van der Waals surface area (Å²) in [7, 11) is 0. The van der Waals surface area contributed by atoms with Gasteiger partial charge in [-0.3, -0.25) is 4.79 Å². The second kappa shape index (κ2) is 2.20. The molecule has 0 radical (unpaired) electrons. The molecule has 13 heavy (non-hydrogen) atoms. The molecule has 0 bridgehead atoms. The SMILES string of the molecule is CC1(C)CN2C(=O)C[C@@]2(C(=O)O)S1. The summed E-state index contributed by atoms with van der Waals surface area (Å²) >= 11 is 1.38. The first-order chi connectivity index (χ1) is 5.87. The molecule has 4 nitrogen and oxygen atoms in total. The fourth-order valence-electron chi connectivity index (χ4n) is 1.92. The molecule has 1 atom stereocenters. The minimum Gasteiger partial charge on any atom is -0.479 e. The van der Waals surface area contributed by atoms with Crippen molar-refractivity contribution >= 4 is 23.6 Å². The van der Waals surface area contributed by atoms with Gasteiger partial charge in [0.2, 0.25) is 5.91 Å². The molecule has 0 saturated carbocycles. The average Bonchev–Trinajstić information content (AvgIpc) is 2.19. The molecule has 0 unspecified atom stereocenters. The van der Waals surface area contributed by atoms with Crippen LogP contribution in [-0.2, 0) is 9.59 Å². The van der Waals surface area contributed by atoms with Crippen LogP contribution in [0.15, 0.2) is 0 Å². The number of rotatable bonds is 1. The van der Waals surface area contributed by atoms with Crippen LogP contribution in [0.1, 0.15) is 20.3 Å². The minimum atomic E-state index is -0.944. The highest BCUT2D eigenvalue weighted by Gasteiger charge is 2.65. The largest absolute Gasteiger partial charge is 0.479 e. The van der Waals surface area contributed by atoms with Gasteiger partial charge < -0.3 is 10.0 Å². The normalized spacial score (nSPS) is 35.5. The lowest BCUT2D eigenvalue weighted by Gasteiger charge is -2.42. The first-order valence-corrected chi connectivity index (χ1v) is 4.93. The van der Waals surface area contributed by atoms with E-state index < -0.39 is 10.8 Å². The number of aliphatic carboxylic acids is 1. The van der Waals surface area contributed by atoms with E-state index in [0.717, 1.165) is 0 Å². The van der Waals surface area contributed by atoms with Gasteiger partial charge in [0.05, 0.1) is 6.42 Å². The van der Waals surface area contributed by atoms with E-state index in [-0.39, 0.29) is 17.1 Å². The Kier molecular flexibility index (Phi) is 1.50. The third-order valence-corrected chi connectivity index (χ3v) is 4.00. The quantitative estimate of drug-likeness (QED) is 0.628. The molecule has 0 aliphatic carbocycles. The average molecular weight is 201 g/mol. The number of fused-ring (bicyclic) bond motifs is 1. The highest BCUT2D eigenvalue weighted by atomic mass is 32.2. The summed E-state index contributed by atoms with van der Waals surface area (Å²) < 4.78 is -0.134. The van der Waals surface area contributed by atoms with E-state index in [2.05, 4.69) is 0 Å². The maximum Gasteiger partial charge on any atom is 0.340 e. The zero-order valence-electron chi connectivity index (χ0n) is 7.53. The van der Waals surface area contributed by atoms with E-state index in [0.29, 0.717) is 6.54 Å². The summed E-state index contributed by atoms with van der Waals surface area (Å²) in [4.78, 5) is 22.7. The lowest BCUT2D eigenvalue weighted by atomic mass is 10.00. The fourth-order valence-corrected chi connectivity index (χ4v) is 3.59. The predicted molar refractivity (Wildman–Crippen MR) is 48.4 cm³/mol. The molecule has 2 fully saturated rings. The van der Waals surface area contributed by atoms with Crippen LogP contribution < -0.4 is 0 Å². The van der Waals surface area contributed by atoms with Crippen LogP contribution in [-0.4, -0.2) is 38.0 Å². The predicted octanol–water partition coefficient (Wildman–Crippen LogP) is 0.525. The Morgan fingerprint density at radius 2 is 2.23 bits per heavy atom. The van der Waals surface area contributed by atoms with E-state index in [1.54, 1.807) is 0 Å². The Bertz CT molecular complexity index is 302. The Labute approximate surface area is 80.3 Å². The lowest BCUT2D eigenvalue weighted by Crippen LogP contribution is -2.62. The molecule has 5 heteroatoms. The van der Waals surface area contributed by atoms with Crippen molar-refractivity contribution in [2.24, 2.45) is 0 Å². The smallest absolute Gasteiger partial charge is 0.340 e. The van der Waals surface area contributed by atoms with Crippen molar-refractivity contribution < 1.29 is 14.7 Å². The second-order valence-electron chi connectivity index (χ2n) is 4.11. The molecule has 2 heterocycles. The van der Waals surface area contributed by atoms with Gasteiger partial charge in [0, 0.05) is 11.3 Å². The standard InChI is InChI=1S/C8H11NO3S/c1-7(2)4-9-5(10)3-8(9,13-7)6(11)12/h3-4H2,1-2H3,(H,11,12)/t8-/m0/s1. The molecule has 72 valence electrons. The molecule has 0 spiro atoms. The molecule has 0 aromatic heterocycles. The summed E-state index contributed by atoms with van der Waals surface area (Å²) in [5, 5.41) is 9.03. The molecular formula is C8H11NO3S. The number of carbonyl (C=O) groups excluding carboxylic acids is 1. The summed E-state index contributed by atoms with van der Waals surface area (Å²) in [6.45, 7) is 4.48. The van der Waals surface area contributed by atoms with Gasteiger partial charge in [-0.1, -0.05) is 0 Å². The number of nitrogens with zero attached hydrogens (tertiary/aromatic N) is 1. The Morgan fingerprint density at radius 1 is 1.62 bits per heavy atom. The third kappa shape index (κ3) is 0.995. The molecule has 0 aromatic rings. The highest BCUT2D eigenvalue weighted by Crippen LogP contribution is 2.54. The highest BCUT2D eigenvalue weighted by molar-refractivity contribution is 8.03. The van der Waals surface area contributed by atoms with Crippen LogP contribution >= 0.6 is 11.8 Å². The van der Waals surface area contributed by atoms with Crippen molar-refractivity contribution in [3.63, 3.8) is 0 Å². The maximum absolute atomic E-state index is 11.2. The zero-order chi connectivity index (χ0) is 9.85. The number of carboxylic acid groups (broad SMARTS) is 1. The van der Waals surface area contributed by atoms with Gasteiger partial charge in [0.1, 0.15) is 0 Å². The first-order valence-electron chi connectivity index (χ1n) is 4.11. The van der Waals surface area contributed by atoms with Gasteiger partial charge in [-0.05, 0) is 13.8 Å². The Hall–Kier alpha value is -0.710. The van der Waals surface area contributed by atoms with Crippen molar-refractivity contribution in [3.05, 3.63) is 0 Å². The molecular weight excluding hydrogens is 190 g/mol. The molecule has 2 aliphatic heterocycles. The summed E-state index contributed by atoms with van der Waals surface area (Å²) in [6, 6.07) is 0. The van der Waals surface area contributed by atoms with Crippen LogP contribution in [0.5, 0.6) is 0 Å². The molecule has 2 saturated heterocycles. The number of β-lactam (4-membered cyclic amide) rings is 1. The topological polar surface area (TPSA) is 57.6 Å². The van der Waals surface area contributed by atoms with Crippen molar-refractivity contribution in [1.29, 1.82) is 0 Å². The maximum atomic E-state index is 11.2. The Morgan fingerprint density at radius 3 is 2.62 bits per heavy atom. The van der Waals surface area contributed by atoms with Crippen LogP contribution in [0.4, 0.5) is 0 Å². The van der Waals surface area contributed by atoms with Gasteiger partial charge in [-0.2, -0.15) is 0 Å². The first kappa shape index (κ1) is 8.87. The van der Waals surface area contributed by atoms with Crippen molar-refractivity contribution in [2.75, 3.05) is 6.54 Å². The molecule has 0 aromatic carbocycles. The molecule has 2 rings (SSSR count). The summed E-state index contributed by atoms with van der Waals surface area (Å²) in [5.41, 5.74) is 0. The van der Waals surface area contributed by atoms with Crippen molar-refractivity contribution in [1.82, 2.24) is 4.90 Å². The van der Waals surface area contributed by atoms with Crippen LogP contribution in [0.2, 0.25) is 0 Å². The fraction of sp³-hybridized carbons (Fsp3) is 0.750. The third-order valence-electron chi connectivity index (χ3n) is 2.45. The summed E-state index contributed by atoms with van der Waals surface area (Å²) in [6.07, 6.45) is 0.149. The number of thioether (sulfide) groups is 1.